The monoisotopic (exact) mass is 291 g/mol. The van der Waals surface area contributed by atoms with Crippen molar-refractivity contribution in [2.24, 2.45) is 0 Å². The van der Waals surface area contributed by atoms with Crippen molar-refractivity contribution in [2.75, 3.05) is 12.0 Å². The molecule has 108 valence electrons. The lowest BCUT2D eigenvalue weighted by molar-refractivity contribution is 0.159. The number of aryl methyl sites for hydroxylation is 1. The lowest BCUT2D eigenvalue weighted by Gasteiger charge is -2.11. The Morgan fingerprint density at radius 2 is 1.95 bits per heavy atom. The van der Waals surface area contributed by atoms with Crippen LogP contribution < -0.4 is 0 Å². The largest absolute Gasteiger partial charge is 0.385 e. The number of aliphatic hydroxyl groups is 1. The fourth-order valence-corrected chi connectivity index (χ4v) is 2.52. The SMILES string of the molecule is CCc1ccc(Cn2ncnc2C(O)CCSC)cc1. The summed E-state index contributed by atoms with van der Waals surface area (Å²) < 4.78 is 1.78. The first-order valence-corrected chi connectivity index (χ1v) is 8.26. The molecule has 0 bridgehead atoms. The van der Waals surface area contributed by atoms with E-state index in [-0.39, 0.29) is 0 Å². The highest BCUT2D eigenvalue weighted by molar-refractivity contribution is 7.98. The van der Waals surface area contributed by atoms with Gasteiger partial charge in [0.2, 0.25) is 0 Å². The van der Waals surface area contributed by atoms with Crippen LogP contribution in [0.4, 0.5) is 0 Å². The van der Waals surface area contributed by atoms with E-state index in [0.717, 1.165) is 12.2 Å². The van der Waals surface area contributed by atoms with E-state index in [1.807, 2.05) is 6.26 Å². The average molecular weight is 291 g/mol. The molecule has 20 heavy (non-hydrogen) atoms. The summed E-state index contributed by atoms with van der Waals surface area (Å²) in [6, 6.07) is 8.49. The number of hydrogen-bond donors (Lipinski definition) is 1. The van der Waals surface area contributed by atoms with Gasteiger partial charge < -0.3 is 5.11 Å². The van der Waals surface area contributed by atoms with Crippen molar-refractivity contribution < 1.29 is 5.11 Å². The molecule has 2 aromatic rings. The maximum atomic E-state index is 10.1. The van der Waals surface area contributed by atoms with E-state index in [1.54, 1.807) is 16.4 Å². The van der Waals surface area contributed by atoms with Crippen LogP contribution in [0.25, 0.3) is 0 Å². The molecule has 2 rings (SSSR count). The molecule has 0 aliphatic heterocycles. The summed E-state index contributed by atoms with van der Waals surface area (Å²) in [5.41, 5.74) is 2.50. The Morgan fingerprint density at radius 3 is 2.60 bits per heavy atom. The second-order valence-electron chi connectivity index (χ2n) is 4.74. The highest BCUT2D eigenvalue weighted by atomic mass is 32.2. The molecule has 1 unspecified atom stereocenters. The van der Waals surface area contributed by atoms with Crippen LogP contribution in [0.5, 0.6) is 0 Å². The van der Waals surface area contributed by atoms with Gasteiger partial charge >= 0.3 is 0 Å². The van der Waals surface area contributed by atoms with Gasteiger partial charge in [0.15, 0.2) is 5.82 Å². The van der Waals surface area contributed by atoms with Gasteiger partial charge in [0, 0.05) is 0 Å². The maximum absolute atomic E-state index is 10.1. The number of rotatable bonds is 7. The Balaban J connectivity index is 2.07. The van der Waals surface area contributed by atoms with E-state index in [4.69, 9.17) is 0 Å². The fourth-order valence-electron chi connectivity index (χ4n) is 2.06. The number of hydrogen-bond acceptors (Lipinski definition) is 4. The minimum Gasteiger partial charge on any atom is -0.385 e. The highest BCUT2D eigenvalue weighted by Crippen LogP contribution is 2.17. The van der Waals surface area contributed by atoms with E-state index < -0.39 is 6.10 Å². The molecule has 1 aromatic carbocycles. The zero-order chi connectivity index (χ0) is 14.4. The highest BCUT2D eigenvalue weighted by Gasteiger charge is 2.14. The Bertz CT molecular complexity index is 524. The van der Waals surface area contributed by atoms with Gasteiger partial charge in [-0.25, -0.2) is 9.67 Å². The van der Waals surface area contributed by atoms with Crippen molar-refractivity contribution in [3.8, 4) is 0 Å². The summed E-state index contributed by atoms with van der Waals surface area (Å²) in [6.07, 6.45) is 4.75. The van der Waals surface area contributed by atoms with Crippen molar-refractivity contribution in [3.63, 3.8) is 0 Å². The summed E-state index contributed by atoms with van der Waals surface area (Å²) in [5.74, 6) is 1.57. The van der Waals surface area contributed by atoms with Crippen molar-refractivity contribution in [1.29, 1.82) is 0 Å². The molecule has 0 saturated carbocycles. The Morgan fingerprint density at radius 1 is 1.25 bits per heavy atom. The first-order valence-electron chi connectivity index (χ1n) is 6.87. The molecule has 0 fully saturated rings. The molecular weight excluding hydrogens is 270 g/mol. The second-order valence-corrected chi connectivity index (χ2v) is 5.73. The predicted molar refractivity (Wildman–Crippen MR) is 82.9 cm³/mol. The third-order valence-electron chi connectivity index (χ3n) is 3.30. The first kappa shape index (κ1) is 15.1. The van der Waals surface area contributed by atoms with E-state index in [9.17, 15) is 5.11 Å². The standard InChI is InChI=1S/C15H21N3OS/c1-3-12-4-6-13(7-5-12)10-18-15(16-11-17-18)14(19)8-9-20-2/h4-7,11,14,19H,3,8-10H2,1-2H3. The number of nitrogens with zero attached hydrogens (tertiary/aromatic N) is 3. The minimum atomic E-state index is -0.542. The summed E-state index contributed by atoms with van der Waals surface area (Å²) in [7, 11) is 0. The van der Waals surface area contributed by atoms with Crippen LogP contribution in [0.1, 0.15) is 36.4 Å². The smallest absolute Gasteiger partial charge is 0.156 e. The van der Waals surface area contributed by atoms with Gasteiger partial charge in [0.25, 0.3) is 0 Å². The predicted octanol–water partition coefficient (Wildman–Crippen LogP) is 2.68. The molecule has 1 N–H and O–H groups in total. The van der Waals surface area contributed by atoms with Crippen LogP contribution in [0.2, 0.25) is 0 Å². The van der Waals surface area contributed by atoms with E-state index in [1.165, 1.54) is 17.5 Å². The third-order valence-corrected chi connectivity index (χ3v) is 3.95. The molecule has 1 atom stereocenters. The normalized spacial score (nSPS) is 12.6. The summed E-state index contributed by atoms with van der Waals surface area (Å²) in [5, 5.41) is 14.4. The zero-order valence-electron chi connectivity index (χ0n) is 12.0. The van der Waals surface area contributed by atoms with Gasteiger partial charge in [-0.05, 0) is 36.0 Å². The maximum Gasteiger partial charge on any atom is 0.156 e. The molecule has 1 heterocycles. The first-order chi connectivity index (χ1) is 9.74. The van der Waals surface area contributed by atoms with Crippen molar-refractivity contribution in [1.82, 2.24) is 14.8 Å². The van der Waals surface area contributed by atoms with E-state index in [0.29, 0.717) is 18.8 Å². The van der Waals surface area contributed by atoms with Crippen LogP contribution in [0.3, 0.4) is 0 Å². The number of aliphatic hydroxyl groups excluding tert-OH is 1. The van der Waals surface area contributed by atoms with Gasteiger partial charge in [-0.15, -0.1) is 0 Å². The average Bonchev–Trinajstić information content (AvgIpc) is 2.94. The molecule has 5 heteroatoms. The molecular formula is C15H21N3OS. The fraction of sp³-hybridized carbons (Fsp3) is 0.467. The van der Waals surface area contributed by atoms with Crippen molar-refractivity contribution >= 4 is 11.8 Å². The molecule has 4 nitrogen and oxygen atoms in total. The van der Waals surface area contributed by atoms with Crippen LogP contribution in [-0.4, -0.2) is 31.9 Å². The molecule has 0 spiro atoms. The lowest BCUT2D eigenvalue weighted by Crippen LogP contribution is -2.12. The molecule has 0 aliphatic rings. The van der Waals surface area contributed by atoms with Crippen LogP contribution in [0, 0.1) is 0 Å². The van der Waals surface area contributed by atoms with Crippen LogP contribution in [0.15, 0.2) is 30.6 Å². The van der Waals surface area contributed by atoms with E-state index in [2.05, 4.69) is 41.3 Å². The molecule has 0 saturated heterocycles. The van der Waals surface area contributed by atoms with Crippen molar-refractivity contribution in [2.45, 2.75) is 32.4 Å². The topological polar surface area (TPSA) is 50.9 Å². The summed E-state index contributed by atoms with van der Waals surface area (Å²) in [6.45, 7) is 2.79. The summed E-state index contributed by atoms with van der Waals surface area (Å²) in [4.78, 5) is 4.19. The summed E-state index contributed by atoms with van der Waals surface area (Å²) >= 11 is 1.72. The quantitative estimate of drug-likeness (QED) is 0.852. The van der Waals surface area contributed by atoms with Crippen molar-refractivity contribution in [3.05, 3.63) is 47.5 Å². The van der Waals surface area contributed by atoms with Gasteiger partial charge in [0.1, 0.15) is 12.4 Å². The number of thioether (sulfide) groups is 1. The van der Waals surface area contributed by atoms with Gasteiger partial charge in [-0.2, -0.15) is 16.9 Å². The second kappa shape index (κ2) is 7.45. The van der Waals surface area contributed by atoms with Gasteiger partial charge in [-0.3, -0.25) is 0 Å². The minimum absolute atomic E-state index is 0.542. The molecule has 1 aromatic heterocycles. The number of benzene rings is 1. The Labute approximate surface area is 124 Å². The lowest BCUT2D eigenvalue weighted by atomic mass is 10.1. The molecule has 0 aliphatic carbocycles. The third kappa shape index (κ3) is 3.84. The van der Waals surface area contributed by atoms with Crippen LogP contribution >= 0.6 is 11.8 Å². The van der Waals surface area contributed by atoms with E-state index >= 15 is 0 Å². The van der Waals surface area contributed by atoms with Crippen LogP contribution in [-0.2, 0) is 13.0 Å². The molecule has 0 amide bonds. The Hall–Kier alpha value is -1.33. The zero-order valence-corrected chi connectivity index (χ0v) is 12.8. The Kier molecular flexibility index (Phi) is 5.61. The molecule has 0 radical (unpaired) electrons. The van der Waals surface area contributed by atoms with Gasteiger partial charge in [0.05, 0.1) is 6.54 Å². The number of aromatic nitrogens is 3. The van der Waals surface area contributed by atoms with Gasteiger partial charge in [-0.1, -0.05) is 31.2 Å².